The molecule has 0 radical (unpaired) electrons. The van der Waals surface area contributed by atoms with Crippen LogP contribution in [0.4, 0.5) is 13.2 Å². The van der Waals surface area contributed by atoms with Crippen LogP contribution in [0, 0.1) is 11.8 Å². The summed E-state index contributed by atoms with van der Waals surface area (Å²) in [5.74, 6) is -0.478. The fourth-order valence-corrected chi connectivity index (χ4v) is 1.67. The van der Waals surface area contributed by atoms with Crippen LogP contribution in [0.1, 0.15) is 12.8 Å². The standard InChI is InChI=1S/C8H14F3NO/c9-8(10,11)3-6-1-2-13-5-7(6)4-12/h6-7H,1-5,12H2. The van der Waals surface area contributed by atoms with Crippen LogP contribution in [-0.2, 0) is 4.74 Å². The van der Waals surface area contributed by atoms with Crippen LogP contribution in [0.5, 0.6) is 0 Å². The molecule has 2 unspecified atom stereocenters. The normalized spacial score (nSPS) is 30.5. The van der Waals surface area contributed by atoms with E-state index >= 15 is 0 Å². The molecule has 1 fully saturated rings. The number of ether oxygens (including phenoxy) is 1. The topological polar surface area (TPSA) is 35.2 Å². The first-order valence-electron chi connectivity index (χ1n) is 4.37. The van der Waals surface area contributed by atoms with Crippen LogP contribution in [0.25, 0.3) is 0 Å². The molecule has 0 aromatic rings. The number of hydrogen-bond donors (Lipinski definition) is 1. The Bertz CT molecular complexity index is 160. The Morgan fingerprint density at radius 3 is 2.54 bits per heavy atom. The van der Waals surface area contributed by atoms with Gasteiger partial charge in [-0.2, -0.15) is 13.2 Å². The largest absolute Gasteiger partial charge is 0.389 e. The minimum atomic E-state index is -4.07. The van der Waals surface area contributed by atoms with Crippen LogP contribution in [0.15, 0.2) is 0 Å². The number of hydrogen-bond acceptors (Lipinski definition) is 2. The smallest absolute Gasteiger partial charge is 0.381 e. The minimum absolute atomic E-state index is 0.129. The summed E-state index contributed by atoms with van der Waals surface area (Å²) in [6.07, 6.45) is -4.32. The third kappa shape index (κ3) is 3.52. The van der Waals surface area contributed by atoms with E-state index in [1.807, 2.05) is 0 Å². The average molecular weight is 197 g/mol. The Morgan fingerprint density at radius 2 is 2.00 bits per heavy atom. The highest BCUT2D eigenvalue weighted by Crippen LogP contribution is 2.32. The zero-order valence-corrected chi connectivity index (χ0v) is 7.31. The molecular weight excluding hydrogens is 183 g/mol. The summed E-state index contributed by atoms with van der Waals surface area (Å²) in [6.45, 7) is 1.08. The van der Waals surface area contributed by atoms with Crippen molar-refractivity contribution in [2.75, 3.05) is 19.8 Å². The molecule has 5 heteroatoms. The molecule has 1 heterocycles. The van der Waals surface area contributed by atoms with Gasteiger partial charge in [-0.25, -0.2) is 0 Å². The third-order valence-corrected chi connectivity index (χ3v) is 2.43. The maximum absolute atomic E-state index is 12.1. The van der Waals surface area contributed by atoms with Crippen LogP contribution < -0.4 is 5.73 Å². The second kappa shape index (κ2) is 4.28. The zero-order chi connectivity index (χ0) is 9.90. The van der Waals surface area contributed by atoms with E-state index in [0.29, 0.717) is 19.6 Å². The van der Waals surface area contributed by atoms with Gasteiger partial charge in [0.1, 0.15) is 0 Å². The average Bonchev–Trinajstić information content (AvgIpc) is 2.02. The Kier molecular flexibility index (Phi) is 3.55. The first-order valence-corrected chi connectivity index (χ1v) is 4.37. The lowest BCUT2D eigenvalue weighted by Gasteiger charge is -2.31. The lowest BCUT2D eigenvalue weighted by atomic mass is 9.86. The van der Waals surface area contributed by atoms with E-state index in [2.05, 4.69) is 0 Å². The van der Waals surface area contributed by atoms with E-state index in [4.69, 9.17) is 10.5 Å². The predicted molar refractivity (Wildman–Crippen MR) is 42.1 cm³/mol. The molecule has 0 spiro atoms. The molecule has 0 aliphatic carbocycles. The van der Waals surface area contributed by atoms with E-state index < -0.39 is 12.6 Å². The maximum Gasteiger partial charge on any atom is 0.389 e. The quantitative estimate of drug-likeness (QED) is 0.729. The molecule has 1 aliphatic heterocycles. The maximum atomic E-state index is 12.1. The molecule has 1 aliphatic rings. The molecule has 1 rings (SSSR count). The van der Waals surface area contributed by atoms with Crippen molar-refractivity contribution < 1.29 is 17.9 Å². The second-order valence-corrected chi connectivity index (χ2v) is 3.44. The van der Waals surface area contributed by atoms with Crippen molar-refractivity contribution in [2.24, 2.45) is 17.6 Å². The molecule has 0 aromatic carbocycles. The van der Waals surface area contributed by atoms with E-state index in [9.17, 15) is 13.2 Å². The molecule has 1 saturated heterocycles. The SMILES string of the molecule is NCC1COCCC1CC(F)(F)F. The van der Waals surface area contributed by atoms with Gasteiger partial charge in [-0.05, 0) is 24.8 Å². The Morgan fingerprint density at radius 1 is 1.31 bits per heavy atom. The van der Waals surface area contributed by atoms with Crippen LogP contribution >= 0.6 is 0 Å². The first-order chi connectivity index (χ1) is 6.03. The Hall–Kier alpha value is -0.290. The van der Waals surface area contributed by atoms with Crippen LogP contribution in [0.3, 0.4) is 0 Å². The van der Waals surface area contributed by atoms with Gasteiger partial charge < -0.3 is 10.5 Å². The van der Waals surface area contributed by atoms with Crippen molar-refractivity contribution in [3.63, 3.8) is 0 Å². The second-order valence-electron chi connectivity index (χ2n) is 3.44. The van der Waals surface area contributed by atoms with Crippen molar-refractivity contribution in [3.8, 4) is 0 Å². The lowest BCUT2D eigenvalue weighted by molar-refractivity contribution is -0.156. The van der Waals surface area contributed by atoms with E-state index in [0.717, 1.165) is 0 Å². The van der Waals surface area contributed by atoms with Gasteiger partial charge in [0.25, 0.3) is 0 Å². The molecule has 0 bridgehead atoms. The summed E-state index contributed by atoms with van der Waals surface area (Å²) in [4.78, 5) is 0. The number of alkyl halides is 3. The van der Waals surface area contributed by atoms with Gasteiger partial charge in [0.15, 0.2) is 0 Å². The van der Waals surface area contributed by atoms with Gasteiger partial charge in [-0.1, -0.05) is 0 Å². The monoisotopic (exact) mass is 197 g/mol. The summed E-state index contributed by atoms with van der Waals surface area (Å²) in [7, 11) is 0. The van der Waals surface area contributed by atoms with Gasteiger partial charge in [0.2, 0.25) is 0 Å². The zero-order valence-electron chi connectivity index (χ0n) is 7.31. The lowest BCUT2D eigenvalue weighted by Crippen LogP contribution is -2.35. The molecule has 0 aromatic heterocycles. The Balaban J connectivity index is 2.45. The number of halogens is 3. The molecular formula is C8H14F3NO. The van der Waals surface area contributed by atoms with Crippen molar-refractivity contribution in [3.05, 3.63) is 0 Å². The van der Waals surface area contributed by atoms with Crippen molar-refractivity contribution in [1.82, 2.24) is 0 Å². The minimum Gasteiger partial charge on any atom is -0.381 e. The number of nitrogens with two attached hydrogens (primary N) is 1. The van der Waals surface area contributed by atoms with Gasteiger partial charge in [0.05, 0.1) is 6.61 Å². The summed E-state index contributed by atoms with van der Waals surface area (Å²) in [6, 6.07) is 0. The van der Waals surface area contributed by atoms with Gasteiger partial charge in [-0.3, -0.25) is 0 Å². The van der Waals surface area contributed by atoms with E-state index in [1.54, 1.807) is 0 Å². The predicted octanol–water partition coefficient (Wildman–Crippen LogP) is 1.55. The fourth-order valence-electron chi connectivity index (χ4n) is 1.67. The molecule has 0 amide bonds. The first kappa shape index (κ1) is 10.8. The third-order valence-electron chi connectivity index (χ3n) is 2.43. The molecule has 2 nitrogen and oxygen atoms in total. The van der Waals surface area contributed by atoms with E-state index in [-0.39, 0.29) is 18.4 Å². The summed E-state index contributed by atoms with van der Waals surface area (Å²) >= 11 is 0. The van der Waals surface area contributed by atoms with Crippen molar-refractivity contribution in [1.29, 1.82) is 0 Å². The summed E-state index contributed by atoms with van der Waals surface area (Å²) in [5, 5.41) is 0. The molecule has 78 valence electrons. The van der Waals surface area contributed by atoms with Gasteiger partial charge in [-0.15, -0.1) is 0 Å². The highest BCUT2D eigenvalue weighted by Gasteiger charge is 2.36. The molecule has 2 N–H and O–H groups in total. The van der Waals surface area contributed by atoms with Crippen LogP contribution in [0.2, 0.25) is 0 Å². The fraction of sp³-hybridized carbons (Fsp3) is 1.00. The Labute approximate surface area is 75.2 Å². The van der Waals surface area contributed by atoms with E-state index in [1.165, 1.54) is 0 Å². The van der Waals surface area contributed by atoms with Gasteiger partial charge >= 0.3 is 6.18 Å². The summed E-state index contributed by atoms with van der Waals surface area (Å²) in [5.41, 5.74) is 5.37. The van der Waals surface area contributed by atoms with Crippen LogP contribution in [-0.4, -0.2) is 25.9 Å². The highest BCUT2D eigenvalue weighted by molar-refractivity contribution is 4.76. The molecule has 2 atom stereocenters. The van der Waals surface area contributed by atoms with Gasteiger partial charge in [0, 0.05) is 13.0 Å². The summed E-state index contributed by atoms with van der Waals surface area (Å²) < 4.78 is 41.3. The van der Waals surface area contributed by atoms with Crippen molar-refractivity contribution >= 4 is 0 Å². The van der Waals surface area contributed by atoms with Crippen molar-refractivity contribution in [2.45, 2.75) is 19.0 Å². The molecule has 13 heavy (non-hydrogen) atoms. The number of rotatable bonds is 2. The highest BCUT2D eigenvalue weighted by atomic mass is 19.4. The molecule has 0 saturated carbocycles.